The fourth-order valence-corrected chi connectivity index (χ4v) is 4.19. The van der Waals surface area contributed by atoms with Crippen molar-refractivity contribution in [1.82, 2.24) is 9.29 Å². The Morgan fingerprint density at radius 2 is 1.65 bits per heavy atom. The van der Waals surface area contributed by atoms with Crippen molar-refractivity contribution in [3.63, 3.8) is 0 Å². The molecule has 7 nitrogen and oxygen atoms in total. The molecule has 9 heteroatoms. The summed E-state index contributed by atoms with van der Waals surface area (Å²) in [7, 11) is -6.17. The zero-order valence-corrected chi connectivity index (χ0v) is 14.3. The summed E-state index contributed by atoms with van der Waals surface area (Å²) in [4.78, 5) is 3.61. The standard InChI is InChI=1S/C14H17N3O4S2/c1-3-17(2)23(20,21)14-6-4-5-13(11-14)22(18,19)16-12-7-9-15-10-8-12/h4-11H,3H2,1-2H3,(H,15,16). The number of nitrogens with zero attached hydrogens (tertiary/aromatic N) is 2. The zero-order chi connectivity index (χ0) is 17.1. The number of aromatic nitrogens is 1. The fraction of sp³-hybridized carbons (Fsp3) is 0.214. The molecule has 1 aromatic carbocycles. The topological polar surface area (TPSA) is 96.4 Å². The molecule has 1 heterocycles. The highest BCUT2D eigenvalue weighted by Gasteiger charge is 2.22. The Morgan fingerprint density at radius 1 is 1.04 bits per heavy atom. The molecule has 2 aromatic rings. The number of benzene rings is 1. The molecule has 0 aliphatic heterocycles. The van der Waals surface area contributed by atoms with Crippen molar-refractivity contribution in [3.8, 4) is 0 Å². The first-order valence-corrected chi connectivity index (χ1v) is 9.69. The lowest BCUT2D eigenvalue weighted by molar-refractivity contribution is 0.486. The van der Waals surface area contributed by atoms with E-state index in [4.69, 9.17) is 0 Å². The molecule has 0 saturated heterocycles. The third-order valence-corrected chi connectivity index (χ3v) is 6.51. The molecule has 0 fully saturated rings. The quantitative estimate of drug-likeness (QED) is 0.847. The van der Waals surface area contributed by atoms with Crippen LogP contribution >= 0.6 is 0 Å². The number of pyridine rings is 1. The Balaban J connectivity index is 2.40. The molecule has 1 aromatic heterocycles. The molecule has 0 amide bonds. The van der Waals surface area contributed by atoms with Crippen LogP contribution in [-0.2, 0) is 20.0 Å². The maximum absolute atomic E-state index is 12.4. The van der Waals surface area contributed by atoms with E-state index in [1.165, 1.54) is 49.8 Å². The summed E-state index contributed by atoms with van der Waals surface area (Å²) in [5, 5.41) is 0. The summed E-state index contributed by atoms with van der Waals surface area (Å²) in [6.45, 7) is 1.98. The van der Waals surface area contributed by atoms with Crippen LogP contribution in [0.4, 0.5) is 5.69 Å². The van der Waals surface area contributed by atoms with Gasteiger partial charge in [-0.1, -0.05) is 13.0 Å². The SMILES string of the molecule is CCN(C)S(=O)(=O)c1cccc(S(=O)(=O)Nc2ccncc2)c1. The Hall–Kier alpha value is -1.97. The lowest BCUT2D eigenvalue weighted by Crippen LogP contribution is -2.26. The molecule has 0 saturated carbocycles. The number of hydrogen-bond acceptors (Lipinski definition) is 5. The van der Waals surface area contributed by atoms with Crippen molar-refractivity contribution in [2.45, 2.75) is 16.7 Å². The summed E-state index contributed by atoms with van der Waals surface area (Å²) in [6, 6.07) is 8.26. The molecule has 2 rings (SSSR count). The average Bonchev–Trinajstić information content (AvgIpc) is 2.54. The third-order valence-electron chi connectivity index (χ3n) is 3.20. The highest BCUT2D eigenvalue weighted by atomic mass is 32.2. The van der Waals surface area contributed by atoms with E-state index in [-0.39, 0.29) is 16.3 Å². The van der Waals surface area contributed by atoms with E-state index in [0.29, 0.717) is 5.69 Å². The fourth-order valence-electron chi connectivity index (χ4n) is 1.79. The Kier molecular flexibility index (Phi) is 5.03. The van der Waals surface area contributed by atoms with Gasteiger partial charge in [-0.25, -0.2) is 21.1 Å². The predicted molar refractivity (Wildman–Crippen MR) is 87.0 cm³/mol. The first-order valence-electron chi connectivity index (χ1n) is 6.76. The van der Waals surface area contributed by atoms with E-state index in [9.17, 15) is 16.8 Å². The molecule has 0 atom stereocenters. The van der Waals surface area contributed by atoms with Gasteiger partial charge in [0.05, 0.1) is 15.5 Å². The summed E-state index contributed by atoms with van der Waals surface area (Å²) in [5.41, 5.74) is 0.346. The highest BCUT2D eigenvalue weighted by Crippen LogP contribution is 2.20. The average molecular weight is 355 g/mol. The normalized spacial score (nSPS) is 12.3. The number of nitrogens with one attached hydrogen (secondary N) is 1. The molecule has 0 aliphatic carbocycles. The molecule has 0 spiro atoms. The van der Waals surface area contributed by atoms with E-state index in [0.717, 1.165) is 10.4 Å². The molecule has 0 radical (unpaired) electrons. The van der Waals surface area contributed by atoms with Crippen LogP contribution in [-0.4, -0.2) is 39.7 Å². The zero-order valence-electron chi connectivity index (χ0n) is 12.7. The molecule has 1 N–H and O–H groups in total. The second-order valence-electron chi connectivity index (χ2n) is 4.74. The van der Waals surface area contributed by atoms with Gasteiger partial charge in [-0.15, -0.1) is 0 Å². The van der Waals surface area contributed by atoms with E-state index < -0.39 is 20.0 Å². The summed E-state index contributed by atoms with van der Waals surface area (Å²) in [6.07, 6.45) is 2.91. The second-order valence-corrected chi connectivity index (χ2v) is 8.46. The van der Waals surface area contributed by atoms with Crippen molar-refractivity contribution >= 4 is 25.7 Å². The first-order chi connectivity index (χ1) is 10.8. The number of hydrogen-bond donors (Lipinski definition) is 1. The van der Waals surface area contributed by atoms with Crippen LogP contribution in [0.3, 0.4) is 0 Å². The van der Waals surface area contributed by atoms with E-state index in [1.54, 1.807) is 6.92 Å². The number of anilines is 1. The van der Waals surface area contributed by atoms with Gasteiger partial charge in [0.15, 0.2) is 0 Å². The van der Waals surface area contributed by atoms with Crippen LogP contribution in [0.25, 0.3) is 0 Å². The third kappa shape index (κ3) is 3.87. The van der Waals surface area contributed by atoms with Crippen molar-refractivity contribution < 1.29 is 16.8 Å². The molecule has 0 bridgehead atoms. The minimum atomic E-state index is -3.89. The molecule has 23 heavy (non-hydrogen) atoms. The molecular weight excluding hydrogens is 338 g/mol. The van der Waals surface area contributed by atoms with E-state index in [1.807, 2.05) is 0 Å². The van der Waals surface area contributed by atoms with E-state index >= 15 is 0 Å². The lowest BCUT2D eigenvalue weighted by atomic mass is 10.4. The highest BCUT2D eigenvalue weighted by molar-refractivity contribution is 7.93. The van der Waals surface area contributed by atoms with Gasteiger partial charge in [0.2, 0.25) is 10.0 Å². The first kappa shape index (κ1) is 17.4. The number of rotatable bonds is 6. The maximum Gasteiger partial charge on any atom is 0.261 e. The van der Waals surface area contributed by atoms with Gasteiger partial charge in [-0.05, 0) is 30.3 Å². The smallest absolute Gasteiger partial charge is 0.261 e. The lowest BCUT2D eigenvalue weighted by Gasteiger charge is -2.15. The van der Waals surface area contributed by atoms with Crippen LogP contribution in [0.5, 0.6) is 0 Å². The van der Waals surface area contributed by atoms with Gasteiger partial charge in [-0.2, -0.15) is 0 Å². The summed E-state index contributed by atoms with van der Waals surface area (Å²) in [5.74, 6) is 0. The molecule has 124 valence electrons. The molecular formula is C14H17N3O4S2. The van der Waals surface area contributed by atoms with Crippen LogP contribution in [0.2, 0.25) is 0 Å². The molecule has 0 unspecified atom stereocenters. The van der Waals surface area contributed by atoms with Crippen LogP contribution in [0.1, 0.15) is 6.92 Å². The van der Waals surface area contributed by atoms with Gasteiger partial charge in [0.25, 0.3) is 10.0 Å². The van der Waals surface area contributed by atoms with E-state index in [2.05, 4.69) is 9.71 Å². The maximum atomic E-state index is 12.4. The monoisotopic (exact) mass is 355 g/mol. The second kappa shape index (κ2) is 6.65. The van der Waals surface area contributed by atoms with Gasteiger partial charge in [-0.3, -0.25) is 9.71 Å². The minimum absolute atomic E-state index is 0.0700. The van der Waals surface area contributed by atoms with Crippen molar-refractivity contribution in [1.29, 1.82) is 0 Å². The van der Waals surface area contributed by atoms with Crippen molar-refractivity contribution in [2.75, 3.05) is 18.3 Å². The van der Waals surface area contributed by atoms with Crippen molar-refractivity contribution in [3.05, 3.63) is 48.8 Å². The van der Waals surface area contributed by atoms with Gasteiger partial charge >= 0.3 is 0 Å². The van der Waals surface area contributed by atoms with Gasteiger partial charge in [0, 0.05) is 26.0 Å². The van der Waals surface area contributed by atoms with Crippen LogP contribution in [0.15, 0.2) is 58.6 Å². The van der Waals surface area contributed by atoms with Gasteiger partial charge in [0.1, 0.15) is 0 Å². The minimum Gasteiger partial charge on any atom is -0.280 e. The Labute approximate surface area is 136 Å². The predicted octanol–water partition coefficient (Wildman–Crippen LogP) is 1.52. The summed E-state index contributed by atoms with van der Waals surface area (Å²) < 4.78 is 52.9. The van der Waals surface area contributed by atoms with Crippen LogP contribution < -0.4 is 4.72 Å². The van der Waals surface area contributed by atoms with Crippen LogP contribution in [0, 0.1) is 0 Å². The Morgan fingerprint density at radius 3 is 2.26 bits per heavy atom. The Bertz CT molecular complexity index is 881. The largest absolute Gasteiger partial charge is 0.280 e. The number of sulfonamides is 2. The molecule has 0 aliphatic rings. The summed E-state index contributed by atoms with van der Waals surface area (Å²) >= 11 is 0. The van der Waals surface area contributed by atoms with Crippen molar-refractivity contribution in [2.24, 2.45) is 0 Å². The van der Waals surface area contributed by atoms with Gasteiger partial charge < -0.3 is 0 Å².